The maximum absolute atomic E-state index is 12.6. The van der Waals surface area contributed by atoms with E-state index in [1.165, 1.54) is 38.5 Å². The van der Waals surface area contributed by atoms with Crippen LogP contribution < -0.4 is 5.32 Å². The van der Waals surface area contributed by atoms with Gasteiger partial charge in [-0.3, -0.25) is 9.78 Å². The standard InChI is InChI=1S/C23H33I2N3O3/c1-16-20(27-23(30)18-8-10-26-11-9-18)15-31-22(16)21(14-29)28-13-19(24-25(28)2)12-17-6-4-3-5-7-17/h8-11,13,16-17,20-22,29H,2-7,12,14-15H2,1H3,(H,27,30)/t16-,20+,21+,22+/m1/s1. The van der Waals surface area contributed by atoms with E-state index in [9.17, 15) is 9.90 Å². The Balaban J connectivity index is 1.40. The van der Waals surface area contributed by atoms with Gasteiger partial charge in [-0.2, -0.15) is 0 Å². The van der Waals surface area contributed by atoms with Crippen LogP contribution in [0, 0.1) is 11.8 Å². The molecule has 8 heteroatoms. The number of halogens is 2. The van der Waals surface area contributed by atoms with Gasteiger partial charge in [-0.15, -0.1) is 0 Å². The van der Waals surface area contributed by atoms with Crippen molar-refractivity contribution in [3.8, 4) is 0 Å². The number of hydrogen-bond acceptors (Lipinski definition) is 5. The highest BCUT2D eigenvalue weighted by Crippen LogP contribution is 2.49. The molecule has 4 rings (SSSR count). The van der Waals surface area contributed by atoms with E-state index in [-0.39, 0.29) is 53.2 Å². The zero-order valence-electron chi connectivity index (χ0n) is 18.1. The number of allylic oxidation sites excluding steroid dienone is 1. The summed E-state index contributed by atoms with van der Waals surface area (Å²) in [6.07, 6.45) is 13.7. The smallest absolute Gasteiger partial charge is 0.251 e. The predicted octanol–water partition coefficient (Wildman–Crippen LogP) is 4.44. The quantitative estimate of drug-likeness (QED) is 0.337. The Morgan fingerprint density at radius 2 is 2.13 bits per heavy atom. The van der Waals surface area contributed by atoms with Gasteiger partial charge in [0, 0.05) is 33.7 Å². The van der Waals surface area contributed by atoms with Crippen molar-refractivity contribution in [2.45, 2.75) is 63.6 Å². The molecule has 3 heterocycles. The Hall–Kier alpha value is -0.590. The lowest BCUT2D eigenvalue weighted by Crippen LogP contribution is -2.45. The third-order valence-electron chi connectivity index (χ3n) is 6.62. The van der Waals surface area contributed by atoms with Crippen LogP contribution in [0.2, 0.25) is 0 Å². The van der Waals surface area contributed by atoms with Gasteiger partial charge >= 0.3 is 0 Å². The van der Waals surface area contributed by atoms with Gasteiger partial charge in [0.25, 0.3) is 5.91 Å². The minimum atomic E-state index is -1.48. The summed E-state index contributed by atoms with van der Waals surface area (Å²) >= 11 is -1.47. The van der Waals surface area contributed by atoms with E-state index in [1.54, 1.807) is 28.1 Å². The summed E-state index contributed by atoms with van der Waals surface area (Å²) in [6.45, 7) is 2.67. The van der Waals surface area contributed by atoms with Crippen molar-refractivity contribution < 1.29 is 14.6 Å². The molecule has 1 aromatic rings. The normalized spacial score (nSPS) is 28.5. The van der Waals surface area contributed by atoms with Crippen molar-refractivity contribution in [2.24, 2.45) is 11.8 Å². The maximum Gasteiger partial charge on any atom is 0.251 e. The third-order valence-corrected chi connectivity index (χ3v) is 20.0. The molecule has 2 N–H and O–H groups in total. The number of carbonyl (C=O) groups excluding carboxylic acids is 1. The molecule has 2 aliphatic heterocycles. The highest BCUT2D eigenvalue weighted by molar-refractivity contribution is 14.8. The SMILES string of the molecule is C=I1=IC(CC2CCCCC2)=CN1[C@@H](CO)[C@H]1OC[C@H](NC(=O)c2ccncc2)[C@H]1C. The van der Waals surface area contributed by atoms with Gasteiger partial charge in [0.2, 0.25) is 0 Å². The van der Waals surface area contributed by atoms with Gasteiger partial charge < -0.3 is 18.3 Å². The fourth-order valence-corrected chi connectivity index (χ4v) is 19.0. The Labute approximate surface area is 197 Å². The first-order chi connectivity index (χ1) is 15.1. The minimum Gasteiger partial charge on any atom is -0.394 e. The topological polar surface area (TPSA) is 74.7 Å². The zero-order chi connectivity index (χ0) is 21.8. The molecule has 0 spiro atoms. The number of nitrogens with one attached hydrogen (secondary N) is 1. The molecule has 6 nitrogen and oxygen atoms in total. The molecule has 0 aromatic carbocycles. The lowest BCUT2D eigenvalue weighted by molar-refractivity contribution is 0.0287. The van der Waals surface area contributed by atoms with Gasteiger partial charge in [-0.05, 0) is 60.6 Å². The molecule has 1 amide bonds. The molecule has 1 saturated carbocycles. The summed E-state index contributed by atoms with van der Waals surface area (Å²) in [4.78, 5) is 16.5. The number of aliphatic hydroxyl groups is 1. The number of rotatable bonds is 7. The zero-order valence-corrected chi connectivity index (χ0v) is 22.4. The van der Waals surface area contributed by atoms with Crippen LogP contribution in [0.5, 0.6) is 0 Å². The van der Waals surface area contributed by atoms with Gasteiger partial charge in [0.05, 0.1) is 31.4 Å². The van der Waals surface area contributed by atoms with Crippen LogP contribution in [0.3, 0.4) is 0 Å². The van der Waals surface area contributed by atoms with Crippen LogP contribution >= 0.6 is 31.6 Å². The predicted molar refractivity (Wildman–Crippen MR) is 142 cm³/mol. The molecule has 1 aliphatic carbocycles. The lowest BCUT2D eigenvalue weighted by Gasteiger charge is -2.32. The number of ether oxygens (including phenoxy) is 1. The second kappa shape index (κ2) is 11.0. The number of pyridine rings is 1. The van der Waals surface area contributed by atoms with Crippen molar-refractivity contribution in [3.05, 3.63) is 39.9 Å². The molecule has 0 unspecified atom stereocenters. The molecular formula is C23H33I2N3O3. The highest BCUT2D eigenvalue weighted by atomic mass is 128. The Morgan fingerprint density at radius 3 is 2.84 bits per heavy atom. The molecule has 0 bridgehead atoms. The molecule has 0 radical (unpaired) electrons. The average Bonchev–Trinajstić information content (AvgIpc) is 3.33. The molecule has 1 aromatic heterocycles. The fourth-order valence-electron chi connectivity index (χ4n) is 4.79. The molecule has 172 valence electrons. The highest BCUT2D eigenvalue weighted by Gasteiger charge is 2.42. The minimum absolute atomic E-state index is 0.0101. The summed E-state index contributed by atoms with van der Waals surface area (Å²) < 4.78 is 14.8. The average molecular weight is 653 g/mol. The van der Waals surface area contributed by atoms with Gasteiger partial charge in [-0.25, -0.2) is 0 Å². The summed E-state index contributed by atoms with van der Waals surface area (Å²) in [5.41, 5.74) is 0.607. The van der Waals surface area contributed by atoms with E-state index in [0.717, 1.165) is 5.92 Å². The molecule has 4 atom stereocenters. The lowest BCUT2D eigenvalue weighted by atomic mass is 9.87. The second-order valence-electron chi connectivity index (χ2n) is 8.71. The molecule has 1 saturated heterocycles. The number of hydrogen-bond donors (Lipinski definition) is 2. The number of aromatic nitrogens is 1. The first kappa shape index (κ1) is 23.6. The summed E-state index contributed by atoms with van der Waals surface area (Å²) in [5, 5.41) is 13.4. The summed E-state index contributed by atoms with van der Waals surface area (Å²) in [6, 6.07) is 3.32. The van der Waals surface area contributed by atoms with E-state index in [0.29, 0.717) is 12.2 Å². The van der Waals surface area contributed by atoms with E-state index >= 15 is 0 Å². The molecule has 3 aliphatic rings. The van der Waals surface area contributed by atoms with Crippen LogP contribution in [0.25, 0.3) is 0 Å². The monoisotopic (exact) mass is 653 g/mol. The molecule has 2 fully saturated rings. The Morgan fingerprint density at radius 1 is 1.39 bits per heavy atom. The maximum atomic E-state index is 12.6. The van der Waals surface area contributed by atoms with Crippen molar-refractivity contribution in [3.63, 3.8) is 0 Å². The molecular weight excluding hydrogens is 620 g/mol. The first-order valence-electron chi connectivity index (χ1n) is 11.1. The van der Waals surface area contributed by atoms with Crippen molar-refractivity contribution in [1.82, 2.24) is 13.4 Å². The first-order valence-corrected chi connectivity index (χ1v) is 21.0. The molecule has 31 heavy (non-hydrogen) atoms. The Bertz CT molecular complexity index is 879. The van der Waals surface area contributed by atoms with Gasteiger partial charge in [0.1, 0.15) is 0 Å². The summed E-state index contributed by atoms with van der Waals surface area (Å²) in [7, 11) is 0. The van der Waals surface area contributed by atoms with Crippen molar-refractivity contribution >= 4 is 42.0 Å². The van der Waals surface area contributed by atoms with Crippen LogP contribution in [0.1, 0.15) is 55.8 Å². The van der Waals surface area contributed by atoms with Crippen LogP contribution in [0.4, 0.5) is 0 Å². The Kier molecular flexibility index (Phi) is 8.38. The number of aliphatic hydroxyl groups excluding tert-OH is 1. The van der Waals surface area contributed by atoms with E-state index in [2.05, 4.69) is 31.1 Å². The third kappa shape index (κ3) is 5.67. The van der Waals surface area contributed by atoms with Crippen LogP contribution in [-0.2, 0) is 4.74 Å². The fraction of sp³-hybridized carbons (Fsp3) is 0.609. The largest absolute Gasteiger partial charge is 0.394 e. The van der Waals surface area contributed by atoms with Crippen molar-refractivity contribution in [1.29, 1.82) is 0 Å². The van der Waals surface area contributed by atoms with E-state index < -0.39 is 15.0 Å². The van der Waals surface area contributed by atoms with E-state index in [4.69, 9.17) is 4.74 Å². The van der Waals surface area contributed by atoms with Crippen LogP contribution in [-0.4, -0.2) is 55.0 Å². The summed E-state index contributed by atoms with van der Waals surface area (Å²) in [5.74, 6) is 0.878. The van der Waals surface area contributed by atoms with Gasteiger partial charge in [0.15, 0.2) is 0 Å². The second-order valence-corrected chi connectivity index (χ2v) is 22.3. The number of carbonyl (C=O) groups is 1. The number of amides is 1. The van der Waals surface area contributed by atoms with Crippen molar-refractivity contribution in [2.75, 3.05) is 13.2 Å². The number of nitrogens with zero attached hydrogens (tertiary/aromatic N) is 2. The van der Waals surface area contributed by atoms with E-state index in [1.807, 2.05) is 0 Å². The van der Waals surface area contributed by atoms with Crippen LogP contribution in [0.15, 0.2) is 34.3 Å². The van der Waals surface area contributed by atoms with Gasteiger partial charge in [-0.1, -0.05) is 39.0 Å².